The molecule has 2 unspecified atom stereocenters. The van der Waals surface area contributed by atoms with Gasteiger partial charge in [0, 0.05) is 12.6 Å². The number of hydrogen-bond acceptors (Lipinski definition) is 5. The lowest BCUT2D eigenvalue weighted by molar-refractivity contribution is 0.0103. The van der Waals surface area contributed by atoms with Crippen LogP contribution in [0.15, 0.2) is 18.2 Å². The van der Waals surface area contributed by atoms with Gasteiger partial charge in [0.05, 0.1) is 14.2 Å². The molecule has 0 radical (unpaired) electrons. The minimum Gasteiger partial charge on any atom is -0.496 e. The molecule has 1 aliphatic heterocycles. The second kappa shape index (κ2) is 7.98. The molecule has 1 aromatic rings. The number of benzene rings is 1. The van der Waals surface area contributed by atoms with Crippen LogP contribution in [-0.2, 0) is 9.47 Å². The fourth-order valence-corrected chi connectivity index (χ4v) is 3.31. The highest BCUT2D eigenvalue weighted by atomic mass is 16.6. The number of ether oxygens (including phenoxy) is 3. The van der Waals surface area contributed by atoms with Gasteiger partial charge in [-0.05, 0) is 64.2 Å². The van der Waals surface area contributed by atoms with Crippen LogP contribution >= 0.6 is 0 Å². The lowest BCUT2D eigenvalue weighted by Gasteiger charge is -2.38. The molecule has 144 valence electrons. The lowest BCUT2D eigenvalue weighted by Crippen LogP contribution is -2.46. The van der Waals surface area contributed by atoms with Crippen molar-refractivity contribution in [3.05, 3.63) is 29.3 Å². The Hall–Kier alpha value is -2.24. The van der Waals surface area contributed by atoms with Crippen molar-refractivity contribution in [1.82, 2.24) is 4.90 Å². The van der Waals surface area contributed by atoms with Crippen LogP contribution in [0.25, 0.3) is 0 Å². The molecule has 0 aliphatic carbocycles. The fourth-order valence-electron chi connectivity index (χ4n) is 3.31. The van der Waals surface area contributed by atoms with E-state index < -0.39 is 11.6 Å². The van der Waals surface area contributed by atoms with Crippen molar-refractivity contribution in [2.75, 3.05) is 20.8 Å². The summed E-state index contributed by atoms with van der Waals surface area (Å²) in [6.07, 6.45) is 1.41. The molecule has 0 saturated carbocycles. The van der Waals surface area contributed by atoms with E-state index in [1.54, 1.807) is 18.1 Å². The Bertz CT molecular complexity index is 665. The molecule has 0 spiro atoms. The van der Waals surface area contributed by atoms with Crippen molar-refractivity contribution in [3.63, 3.8) is 0 Å². The zero-order valence-corrected chi connectivity index (χ0v) is 16.5. The maximum Gasteiger partial charge on any atom is 0.410 e. The Morgan fingerprint density at radius 1 is 1.19 bits per heavy atom. The summed E-state index contributed by atoms with van der Waals surface area (Å²) in [4.78, 5) is 26.0. The molecule has 2 atom stereocenters. The highest BCUT2D eigenvalue weighted by Gasteiger charge is 2.32. The summed E-state index contributed by atoms with van der Waals surface area (Å²) in [6.45, 7) is 8.30. The number of piperidine rings is 1. The first-order valence-electron chi connectivity index (χ1n) is 8.92. The van der Waals surface area contributed by atoms with Gasteiger partial charge in [-0.15, -0.1) is 0 Å². The molecule has 1 saturated heterocycles. The van der Waals surface area contributed by atoms with Gasteiger partial charge >= 0.3 is 12.1 Å². The largest absolute Gasteiger partial charge is 0.496 e. The first kappa shape index (κ1) is 20.1. The molecule has 1 heterocycles. The van der Waals surface area contributed by atoms with E-state index in [1.807, 2.05) is 39.8 Å². The lowest BCUT2D eigenvalue weighted by atomic mass is 9.85. The molecule has 0 N–H and O–H groups in total. The molecule has 6 nitrogen and oxygen atoms in total. The minimum atomic E-state index is -0.495. The van der Waals surface area contributed by atoms with E-state index in [0.29, 0.717) is 23.8 Å². The average Bonchev–Trinajstić information content (AvgIpc) is 2.58. The van der Waals surface area contributed by atoms with Gasteiger partial charge in [0.2, 0.25) is 0 Å². The van der Waals surface area contributed by atoms with E-state index in [2.05, 4.69) is 0 Å². The number of rotatable bonds is 3. The van der Waals surface area contributed by atoms with Gasteiger partial charge in [0.1, 0.15) is 16.9 Å². The van der Waals surface area contributed by atoms with Crippen LogP contribution in [-0.4, -0.2) is 49.4 Å². The van der Waals surface area contributed by atoms with Crippen molar-refractivity contribution in [2.24, 2.45) is 0 Å². The molecule has 0 bridgehead atoms. The monoisotopic (exact) mass is 363 g/mol. The summed E-state index contributed by atoms with van der Waals surface area (Å²) in [5.74, 6) is 0.391. The fraction of sp³-hybridized carbons (Fsp3) is 0.600. The number of hydrogen-bond donors (Lipinski definition) is 0. The highest BCUT2D eigenvalue weighted by molar-refractivity contribution is 5.92. The van der Waals surface area contributed by atoms with Gasteiger partial charge in [-0.2, -0.15) is 0 Å². The molecule has 6 heteroatoms. The molecule has 1 aliphatic rings. The predicted octanol–water partition coefficient (Wildman–Crippen LogP) is 3.98. The normalized spacial score (nSPS) is 20.5. The van der Waals surface area contributed by atoms with Gasteiger partial charge in [0.25, 0.3) is 0 Å². The summed E-state index contributed by atoms with van der Waals surface area (Å²) < 4.78 is 15.6. The van der Waals surface area contributed by atoms with Crippen molar-refractivity contribution < 1.29 is 23.8 Å². The summed E-state index contributed by atoms with van der Waals surface area (Å²) in [6, 6.07) is 5.65. The third kappa shape index (κ3) is 4.68. The number of nitrogens with zero attached hydrogens (tertiary/aromatic N) is 1. The molecule has 2 rings (SSSR count). The van der Waals surface area contributed by atoms with Crippen LogP contribution in [0.1, 0.15) is 62.4 Å². The van der Waals surface area contributed by atoms with Gasteiger partial charge < -0.3 is 19.1 Å². The Morgan fingerprint density at radius 2 is 1.88 bits per heavy atom. The molecule has 0 aromatic heterocycles. The Labute approximate surface area is 155 Å². The van der Waals surface area contributed by atoms with Gasteiger partial charge in [-0.1, -0.05) is 6.07 Å². The molecule has 1 amide bonds. The van der Waals surface area contributed by atoms with E-state index in [4.69, 9.17) is 14.2 Å². The predicted molar refractivity (Wildman–Crippen MR) is 98.7 cm³/mol. The molecular weight excluding hydrogens is 334 g/mol. The smallest absolute Gasteiger partial charge is 0.410 e. The SMILES string of the molecule is COC(=O)c1ccc(C2CCN(C(=O)OC(C)(C)C)C(C)C2)cc1OC. The Kier molecular flexibility index (Phi) is 6.16. The van der Waals surface area contributed by atoms with Crippen LogP contribution in [0.3, 0.4) is 0 Å². The quantitative estimate of drug-likeness (QED) is 0.760. The first-order chi connectivity index (χ1) is 12.2. The van der Waals surface area contributed by atoms with Crippen LogP contribution in [0.4, 0.5) is 4.79 Å². The molecule has 1 fully saturated rings. The second-order valence-electron chi connectivity index (χ2n) is 7.70. The van der Waals surface area contributed by atoms with Crippen LogP contribution < -0.4 is 4.74 Å². The Morgan fingerprint density at radius 3 is 2.42 bits per heavy atom. The highest BCUT2D eigenvalue weighted by Crippen LogP contribution is 2.35. The molecule has 26 heavy (non-hydrogen) atoms. The van der Waals surface area contributed by atoms with E-state index in [9.17, 15) is 9.59 Å². The number of carbonyl (C=O) groups excluding carboxylic acids is 2. The van der Waals surface area contributed by atoms with E-state index in [0.717, 1.165) is 18.4 Å². The number of esters is 1. The van der Waals surface area contributed by atoms with Crippen LogP contribution in [0.5, 0.6) is 5.75 Å². The zero-order valence-electron chi connectivity index (χ0n) is 16.5. The summed E-state index contributed by atoms with van der Waals surface area (Å²) >= 11 is 0. The summed E-state index contributed by atoms with van der Waals surface area (Å²) in [7, 11) is 2.89. The number of amides is 1. The van der Waals surface area contributed by atoms with Crippen molar-refractivity contribution in [3.8, 4) is 5.75 Å². The van der Waals surface area contributed by atoms with Crippen molar-refractivity contribution in [2.45, 2.75) is 58.1 Å². The standard InChI is InChI=1S/C20H29NO5/c1-13-11-15(9-10-21(13)19(23)26-20(2,3)4)14-7-8-16(18(22)25-6)17(12-14)24-5/h7-8,12-13,15H,9-11H2,1-6H3. The van der Waals surface area contributed by atoms with E-state index in [-0.39, 0.29) is 12.1 Å². The average molecular weight is 363 g/mol. The maximum atomic E-state index is 12.4. The van der Waals surface area contributed by atoms with E-state index in [1.165, 1.54) is 7.11 Å². The maximum absolute atomic E-state index is 12.4. The summed E-state index contributed by atoms with van der Waals surface area (Å²) in [5.41, 5.74) is 1.02. The minimum absolute atomic E-state index is 0.0786. The van der Waals surface area contributed by atoms with Crippen molar-refractivity contribution in [1.29, 1.82) is 0 Å². The zero-order chi connectivity index (χ0) is 19.5. The van der Waals surface area contributed by atoms with Crippen LogP contribution in [0, 0.1) is 0 Å². The second-order valence-corrected chi connectivity index (χ2v) is 7.70. The van der Waals surface area contributed by atoms with Gasteiger partial charge in [-0.3, -0.25) is 0 Å². The van der Waals surface area contributed by atoms with E-state index >= 15 is 0 Å². The van der Waals surface area contributed by atoms with Gasteiger partial charge in [-0.25, -0.2) is 9.59 Å². The number of likely N-dealkylation sites (tertiary alicyclic amines) is 1. The number of carbonyl (C=O) groups is 2. The topological polar surface area (TPSA) is 65.1 Å². The third-order valence-corrected chi connectivity index (χ3v) is 4.61. The van der Waals surface area contributed by atoms with Gasteiger partial charge in [0.15, 0.2) is 0 Å². The Balaban J connectivity index is 2.11. The van der Waals surface area contributed by atoms with Crippen LogP contribution in [0.2, 0.25) is 0 Å². The molecular formula is C20H29NO5. The van der Waals surface area contributed by atoms with Crippen molar-refractivity contribution >= 4 is 12.1 Å². The number of methoxy groups -OCH3 is 2. The first-order valence-corrected chi connectivity index (χ1v) is 8.92. The summed E-state index contributed by atoms with van der Waals surface area (Å²) in [5, 5.41) is 0. The third-order valence-electron chi connectivity index (χ3n) is 4.61. The molecule has 1 aromatic carbocycles.